The molecule has 0 bridgehead atoms. The van der Waals surface area contributed by atoms with Crippen molar-refractivity contribution in [2.24, 2.45) is 10.7 Å². The van der Waals surface area contributed by atoms with E-state index < -0.39 is 0 Å². The zero-order valence-corrected chi connectivity index (χ0v) is 11.2. The van der Waals surface area contributed by atoms with Crippen molar-refractivity contribution < 1.29 is 0 Å². The number of nitrogens with two attached hydrogens (primary N) is 1. The Morgan fingerprint density at radius 3 is 2.53 bits per heavy atom. The number of hydrogen-bond acceptors (Lipinski definition) is 3. The van der Waals surface area contributed by atoms with E-state index in [2.05, 4.69) is 9.89 Å². The van der Waals surface area contributed by atoms with Gasteiger partial charge < -0.3 is 10.6 Å². The summed E-state index contributed by atoms with van der Waals surface area (Å²) in [5.74, 6) is 0.757. The van der Waals surface area contributed by atoms with Crippen LogP contribution in [0.4, 0.5) is 5.69 Å². The molecule has 1 aliphatic rings. The normalized spacial score (nSPS) is 19.2. The fourth-order valence-corrected chi connectivity index (χ4v) is 2.51. The molecule has 0 saturated heterocycles. The molecule has 0 aliphatic carbocycles. The van der Waals surface area contributed by atoms with Crippen molar-refractivity contribution >= 4 is 34.7 Å². The molecule has 0 amide bonds. The lowest BCUT2D eigenvalue weighted by Crippen LogP contribution is -2.26. The van der Waals surface area contributed by atoms with Gasteiger partial charge in [-0.2, -0.15) is 0 Å². The molecule has 2 N–H and O–H groups in total. The molecule has 2 rings (SSSR count). The predicted molar refractivity (Wildman–Crippen MR) is 74.4 cm³/mol. The van der Waals surface area contributed by atoms with Gasteiger partial charge in [-0.05, 0) is 24.6 Å². The number of likely N-dealkylation sites (N-methyl/N-ethyl adjacent to an activating group) is 1. The van der Waals surface area contributed by atoms with Crippen LogP contribution in [0.5, 0.6) is 0 Å². The Balaban J connectivity index is 2.06. The summed E-state index contributed by atoms with van der Waals surface area (Å²) in [7, 11) is 2.01. The van der Waals surface area contributed by atoms with Crippen LogP contribution in [0.15, 0.2) is 23.2 Å². The third kappa shape index (κ3) is 3.27. The van der Waals surface area contributed by atoms with Gasteiger partial charge >= 0.3 is 0 Å². The Kier molecular flexibility index (Phi) is 3.79. The Bertz CT molecular complexity index is 425. The molecule has 1 aliphatic heterocycles. The highest BCUT2D eigenvalue weighted by atomic mass is 35.5. The molecule has 3 nitrogen and oxygen atoms in total. The van der Waals surface area contributed by atoms with E-state index in [1.807, 2.05) is 19.2 Å². The average molecular weight is 272 g/mol. The van der Waals surface area contributed by atoms with Crippen LogP contribution in [0, 0.1) is 0 Å². The number of hydrogen-bond donors (Lipinski definition) is 1. The Hall–Kier alpha value is -0.930. The highest BCUT2D eigenvalue weighted by Crippen LogP contribution is 2.25. The van der Waals surface area contributed by atoms with Crippen LogP contribution in [-0.4, -0.2) is 25.5 Å². The minimum Gasteiger partial charge on any atom is -0.387 e. The number of halogens is 2. The Morgan fingerprint density at radius 2 is 2.00 bits per heavy atom. The first-order valence-electron chi connectivity index (χ1n) is 5.54. The molecule has 1 heterocycles. The second-order valence-corrected chi connectivity index (χ2v) is 5.19. The predicted octanol–water partition coefficient (Wildman–Crippen LogP) is 2.95. The van der Waals surface area contributed by atoms with E-state index in [0.29, 0.717) is 10.0 Å². The standard InChI is InChI=1S/C12H15Cl2N3/c1-17(7-10-2-3-12(15)16-10)11-5-8(13)4-9(14)6-11/h4-6,10H,2-3,7H2,1H3,(H2,15,16)/t10-/m1/s1. The van der Waals surface area contributed by atoms with Gasteiger partial charge in [0.15, 0.2) is 0 Å². The zero-order chi connectivity index (χ0) is 12.4. The minimum absolute atomic E-state index is 0.276. The van der Waals surface area contributed by atoms with Crippen molar-refractivity contribution in [3.63, 3.8) is 0 Å². The van der Waals surface area contributed by atoms with E-state index in [1.165, 1.54) is 0 Å². The fourth-order valence-electron chi connectivity index (χ4n) is 1.99. The molecule has 0 saturated carbocycles. The van der Waals surface area contributed by atoms with E-state index in [-0.39, 0.29) is 6.04 Å². The molecule has 17 heavy (non-hydrogen) atoms. The highest BCUT2D eigenvalue weighted by Gasteiger charge is 2.17. The van der Waals surface area contributed by atoms with Gasteiger partial charge in [0.1, 0.15) is 0 Å². The maximum absolute atomic E-state index is 5.98. The SMILES string of the molecule is CN(C[C@H]1CCC(N)=N1)c1cc(Cl)cc(Cl)c1. The van der Waals surface area contributed by atoms with Gasteiger partial charge in [0.2, 0.25) is 0 Å². The first kappa shape index (κ1) is 12.5. The van der Waals surface area contributed by atoms with E-state index in [1.54, 1.807) is 6.07 Å². The van der Waals surface area contributed by atoms with E-state index >= 15 is 0 Å². The van der Waals surface area contributed by atoms with Gasteiger partial charge in [0.05, 0.1) is 11.9 Å². The molecule has 1 aromatic carbocycles. The molecule has 0 aromatic heterocycles. The number of anilines is 1. The largest absolute Gasteiger partial charge is 0.387 e. The van der Waals surface area contributed by atoms with E-state index in [9.17, 15) is 0 Å². The molecule has 1 atom stereocenters. The molecular weight excluding hydrogens is 257 g/mol. The summed E-state index contributed by atoms with van der Waals surface area (Å²) in [5, 5.41) is 1.29. The van der Waals surface area contributed by atoms with Crippen LogP contribution in [0.25, 0.3) is 0 Å². The van der Waals surface area contributed by atoms with Crippen LogP contribution in [-0.2, 0) is 0 Å². The van der Waals surface area contributed by atoms with E-state index in [0.717, 1.165) is 30.9 Å². The van der Waals surface area contributed by atoms with Crippen molar-refractivity contribution in [3.8, 4) is 0 Å². The summed E-state index contributed by atoms with van der Waals surface area (Å²) >= 11 is 12.0. The summed E-state index contributed by atoms with van der Waals surface area (Å²) in [5.41, 5.74) is 6.68. The maximum atomic E-state index is 5.98. The quantitative estimate of drug-likeness (QED) is 0.919. The second kappa shape index (κ2) is 5.15. The van der Waals surface area contributed by atoms with Crippen LogP contribution in [0.2, 0.25) is 10.0 Å². The summed E-state index contributed by atoms with van der Waals surface area (Å²) in [6, 6.07) is 5.80. The van der Waals surface area contributed by atoms with Crippen LogP contribution in [0.3, 0.4) is 0 Å². The van der Waals surface area contributed by atoms with Crippen molar-refractivity contribution in [2.75, 3.05) is 18.5 Å². The highest BCUT2D eigenvalue weighted by molar-refractivity contribution is 6.35. The summed E-state index contributed by atoms with van der Waals surface area (Å²) < 4.78 is 0. The third-order valence-corrected chi connectivity index (χ3v) is 3.29. The molecule has 0 unspecified atom stereocenters. The summed E-state index contributed by atoms with van der Waals surface area (Å²) in [6.45, 7) is 0.831. The first-order valence-corrected chi connectivity index (χ1v) is 6.29. The molecular formula is C12H15Cl2N3. The lowest BCUT2D eigenvalue weighted by Gasteiger charge is -2.22. The lowest BCUT2D eigenvalue weighted by atomic mass is 10.2. The van der Waals surface area contributed by atoms with Gasteiger partial charge in [-0.3, -0.25) is 4.99 Å². The Morgan fingerprint density at radius 1 is 1.35 bits per heavy atom. The lowest BCUT2D eigenvalue weighted by molar-refractivity contribution is 0.658. The van der Waals surface area contributed by atoms with Gasteiger partial charge in [0, 0.05) is 35.7 Å². The van der Waals surface area contributed by atoms with Crippen molar-refractivity contribution in [1.82, 2.24) is 0 Å². The number of amidine groups is 1. The van der Waals surface area contributed by atoms with Gasteiger partial charge in [-0.25, -0.2) is 0 Å². The van der Waals surface area contributed by atoms with Gasteiger partial charge in [-0.1, -0.05) is 23.2 Å². The number of aliphatic imine (C=N–C) groups is 1. The molecule has 1 aromatic rings. The topological polar surface area (TPSA) is 41.6 Å². The summed E-state index contributed by atoms with van der Waals surface area (Å²) in [4.78, 5) is 6.49. The van der Waals surface area contributed by atoms with Crippen molar-refractivity contribution in [1.29, 1.82) is 0 Å². The number of nitrogens with zero attached hydrogens (tertiary/aromatic N) is 2. The van der Waals surface area contributed by atoms with Crippen molar-refractivity contribution in [2.45, 2.75) is 18.9 Å². The molecule has 92 valence electrons. The monoisotopic (exact) mass is 271 g/mol. The van der Waals surface area contributed by atoms with Crippen LogP contribution < -0.4 is 10.6 Å². The molecule has 0 radical (unpaired) electrons. The minimum atomic E-state index is 0.276. The van der Waals surface area contributed by atoms with Crippen LogP contribution >= 0.6 is 23.2 Å². The second-order valence-electron chi connectivity index (χ2n) is 4.32. The van der Waals surface area contributed by atoms with E-state index in [4.69, 9.17) is 28.9 Å². The molecule has 5 heteroatoms. The van der Waals surface area contributed by atoms with Crippen LogP contribution in [0.1, 0.15) is 12.8 Å². The fraction of sp³-hybridized carbons (Fsp3) is 0.417. The third-order valence-electron chi connectivity index (χ3n) is 2.85. The number of benzene rings is 1. The first-order chi connectivity index (χ1) is 8.04. The summed E-state index contributed by atoms with van der Waals surface area (Å²) in [6.07, 6.45) is 1.92. The zero-order valence-electron chi connectivity index (χ0n) is 9.66. The van der Waals surface area contributed by atoms with Gasteiger partial charge in [0.25, 0.3) is 0 Å². The maximum Gasteiger partial charge on any atom is 0.0942 e. The van der Waals surface area contributed by atoms with Gasteiger partial charge in [-0.15, -0.1) is 0 Å². The number of rotatable bonds is 3. The Labute approximate surface area is 111 Å². The molecule has 0 spiro atoms. The molecule has 0 fully saturated rings. The average Bonchev–Trinajstić information content (AvgIpc) is 2.62. The van der Waals surface area contributed by atoms with Crippen molar-refractivity contribution in [3.05, 3.63) is 28.2 Å². The smallest absolute Gasteiger partial charge is 0.0942 e.